The van der Waals surface area contributed by atoms with Crippen LogP contribution in [-0.2, 0) is 30.3 Å². The Hall–Kier alpha value is -3.43. The molecule has 0 aliphatic heterocycles. The van der Waals surface area contributed by atoms with Crippen molar-refractivity contribution in [1.29, 1.82) is 0 Å². The van der Waals surface area contributed by atoms with E-state index in [0.717, 1.165) is 5.56 Å². The summed E-state index contributed by atoms with van der Waals surface area (Å²) in [6, 6.07) is 7.23. The van der Waals surface area contributed by atoms with Crippen LogP contribution in [-0.4, -0.2) is 60.9 Å². The molecule has 1 rings (SSSR count). The van der Waals surface area contributed by atoms with Crippen molar-refractivity contribution in [2.24, 2.45) is 0 Å². The van der Waals surface area contributed by atoms with Crippen molar-refractivity contribution < 1.29 is 28.7 Å². The van der Waals surface area contributed by atoms with Gasteiger partial charge in [0.05, 0.1) is 6.54 Å². The van der Waals surface area contributed by atoms with Crippen molar-refractivity contribution in [2.45, 2.75) is 64.6 Å². The fraction of sp³-hybridized carbons (Fsp3) is 0.522. The molecule has 0 saturated carbocycles. The summed E-state index contributed by atoms with van der Waals surface area (Å²) in [5.41, 5.74) is 0.0881. The van der Waals surface area contributed by atoms with Crippen LogP contribution in [0.1, 0.15) is 46.1 Å². The molecule has 0 saturated heterocycles. The standard InChI is InChI=1S/C23H34N4O6/c1-5-9-17(20(30)24-12-13-28)27-21(31)18(14-16-10-7-6-8-11-16)26-19(29)15-25-22(32)33-23(2,3)4/h6-8,10-11,13,17-18H,5,9,12,14-15H2,1-4H3,(H,24,30)(H,25,32)(H,26,29)(H,27,31). The highest BCUT2D eigenvalue weighted by molar-refractivity contribution is 5.93. The summed E-state index contributed by atoms with van der Waals surface area (Å²) in [5, 5.41) is 10.0. The van der Waals surface area contributed by atoms with Gasteiger partial charge >= 0.3 is 6.09 Å². The first-order chi connectivity index (χ1) is 15.6. The highest BCUT2D eigenvalue weighted by Crippen LogP contribution is 2.07. The van der Waals surface area contributed by atoms with Gasteiger partial charge in [0.1, 0.15) is 30.5 Å². The molecule has 2 atom stereocenters. The molecule has 0 bridgehead atoms. The Morgan fingerprint density at radius 1 is 0.970 bits per heavy atom. The zero-order valence-corrected chi connectivity index (χ0v) is 19.6. The van der Waals surface area contributed by atoms with Crippen LogP contribution in [0.2, 0.25) is 0 Å². The van der Waals surface area contributed by atoms with E-state index in [1.165, 1.54) is 0 Å². The fourth-order valence-electron chi connectivity index (χ4n) is 2.87. The minimum absolute atomic E-state index is 0.157. The van der Waals surface area contributed by atoms with Gasteiger partial charge in [0, 0.05) is 6.42 Å². The molecule has 1 aromatic rings. The summed E-state index contributed by atoms with van der Waals surface area (Å²) >= 11 is 0. The third-order valence-electron chi connectivity index (χ3n) is 4.30. The monoisotopic (exact) mass is 462 g/mol. The minimum atomic E-state index is -0.987. The number of ether oxygens (including phenoxy) is 1. The van der Waals surface area contributed by atoms with Crippen LogP contribution in [0, 0.1) is 0 Å². The highest BCUT2D eigenvalue weighted by atomic mass is 16.6. The number of rotatable bonds is 12. The Labute approximate surface area is 194 Å². The van der Waals surface area contributed by atoms with Crippen LogP contribution < -0.4 is 21.3 Å². The average Bonchev–Trinajstić information content (AvgIpc) is 2.74. The molecule has 0 radical (unpaired) electrons. The Morgan fingerprint density at radius 3 is 2.21 bits per heavy atom. The zero-order valence-electron chi connectivity index (χ0n) is 19.6. The van der Waals surface area contributed by atoms with Crippen LogP contribution in [0.3, 0.4) is 0 Å². The SMILES string of the molecule is CCCC(NC(=O)C(Cc1ccccc1)NC(=O)CNC(=O)OC(C)(C)C)C(=O)NCC=O. The lowest BCUT2D eigenvalue weighted by atomic mass is 10.0. The second-order valence-electron chi connectivity index (χ2n) is 8.43. The van der Waals surface area contributed by atoms with Crippen molar-refractivity contribution in [3.8, 4) is 0 Å². The fourth-order valence-corrected chi connectivity index (χ4v) is 2.87. The van der Waals surface area contributed by atoms with E-state index >= 15 is 0 Å². The third kappa shape index (κ3) is 11.7. The normalized spacial score (nSPS) is 12.6. The molecule has 2 unspecified atom stereocenters. The van der Waals surface area contributed by atoms with Gasteiger partial charge in [0.2, 0.25) is 17.7 Å². The van der Waals surface area contributed by atoms with E-state index in [2.05, 4.69) is 21.3 Å². The second kappa shape index (κ2) is 13.9. The second-order valence-corrected chi connectivity index (χ2v) is 8.43. The Kier molecular flexibility index (Phi) is 11.6. The van der Waals surface area contributed by atoms with E-state index in [4.69, 9.17) is 4.74 Å². The average molecular weight is 463 g/mol. The van der Waals surface area contributed by atoms with E-state index < -0.39 is 41.5 Å². The predicted molar refractivity (Wildman–Crippen MR) is 122 cm³/mol. The Morgan fingerprint density at radius 2 is 1.64 bits per heavy atom. The molecule has 0 fully saturated rings. The molecule has 0 aromatic heterocycles. The first-order valence-electron chi connectivity index (χ1n) is 10.9. The molecule has 4 amide bonds. The van der Waals surface area contributed by atoms with Crippen molar-refractivity contribution in [1.82, 2.24) is 21.3 Å². The first kappa shape index (κ1) is 27.6. The van der Waals surface area contributed by atoms with Crippen molar-refractivity contribution in [2.75, 3.05) is 13.1 Å². The maximum absolute atomic E-state index is 13.0. The van der Waals surface area contributed by atoms with E-state index in [0.29, 0.717) is 19.1 Å². The number of amides is 4. The van der Waals surface area contributed by atoms with Gasteiger partial charge in [0.15, 0.2) is 0 Å². The molecular weight excluding hydrogens is 428 g/mol. The summed E-state index contributed by atoms with van der Waals surface area (Å²) in [6.07, 6.45) is 0.965. The van der Waals surface area contributed by atoms with Crippen LogP contribution >= 0.6 is 0 Å². The highest BCUT2D eigenvalue weighted by Gasteiger charge is 2.27. The number of hydrogen-bond acceptors (Lipinski definition) is 6. The molecule has 1 aromatic carbocycles. The quantitative estimate of drug-likeness (QED) is 0.339. The summed E-state index contributed by atoms with van der Waals surface area (Å²) in [7, 11) is 0. The lowest BCUT2D eigenvalue weighted by Crippen LogP contribution is -2.55. The van der Waals surface area contributed by atoms with E-state index in [-0.39, 0.29) is 19.5 Å². The maximum Gasteiger partial charge on any atom is 0.408 e. The number of benzene rings is 1. The summed E-state index contributed by atoms with van der Waals surface area (Å²) in [6.45, 7) is 6.42. The number of carbonyl (C=O) groups is 5. The molecule has 182 valence electrons. The summed E-state index contributed by atoms with van der Waals surface area (Å²) < 4.78 is 5.10. The van der Waals surface area contributed by atoms with Crippen molar-refractivity contribution in [3.63, 3.8) is 0 Å². The molecule has 0 aliphatic carbocycles. The maximum atomic E-state index is 13.0. The number of aldehydes is 1. The minimum Gasteiger partial charge on any atom is -0.444 e. The zero-order chi connectivity index (χ0) is 24.9. The Bertz CT molecular complexity index is 807. The van der Waals surface area contributed by atoms with Gasteiger partial charge in [-0.15, -0.1) is 0 Å². The smallest absolute Gasteiger partial charge is 0.408 e. The topological polar surface area (TPSA) is 143 Å². The molecule has 10 heteroatoms. The largest absolute Gasteiger partial charge is 0.444 e. The van der Waals surface area contributed by atoms with Gasteiger partial charge in [-0.2, -0.15) is 0 Å². The third-order valence-corrected chi connectivity index (χ3v) is 4.30. The van der Waals surface area contributed by atoms with Gasteiger partial charge in [-0.05, 0) is 32.8 Å². The number of nitrogens with one attached hydrogen (secondary N) is 4. The summed E-state index contributed by atoms with van der Waals surface area (Å²) in [4.78, 5) is 60.0. The lowest BCUT2D eigenvalue weighted by Gasteiger charge is -2.23. The molecular formula is C23H34N4O6. The van der Waals surface area contributed by atoms with E-state index in [9.17, 15) is 24.0 Å². The van der Waals surface area contributed by atoms with Crippen molar-refractivity contribution in [3.05, 3.63) is 35.9 Å². The molecule has 10 nitrogen and oxygen atoms in total. The first-order valence-corrected chi connectivity index (χ1v) is 10.9. The molecule has 4 N–H and O–H groups in total. The lowest BCUT2D eigenvalue weighted by molar-refractivity contribution is -0.132. The molecule has 0 aliphatic rings. The van der Waals surface area contributed by atoms with Gasteiger partial charge in [0.25, 0.3) is 0 Å². The summed E-state index contributed by atoms with van der Waals surface area (Å²) in [5.74, 6) is -1.62. The van der Waals surface area contributed by atoms with Gasteiger partial charge in [-0.25, -0.2) is 4.79 Å². The van der Waals surface area contributed by atoms with E-state index in [1.807, 2.05) is 37.3 Å². The predicted octanol–water partition coefficient (Wildman–Crippen LogP) is 0.839. The number of hydrogen-bond donors (Lipinski definition) is 4. The molecule has 0 spiro atoms. The number of carbonyl (C=O) groups excluding carboxylic acids is 5. The molecule has 0 heterocycles. The van der Waals surface area contributed by atoms with Crippen LogP contribution in [0.15, 0.2) is 30.3 Å². The van der Waals surface area contributed by atoms with Crippen LogP contribution in [0.4, 0.5) is 4.79 Å². The Balaban J connectivity index is 2.86. The number of alkyl carbamates (subject to hydrolysis) is 1. The van der Waals surface area contributed by atoms with Crippen LogP contribution in [0.25, 0.3) is 0 Å². The van der Waals surface area contributed by atoms with Crippen molar-refractivity contribution >= 4 is 30.1 Å². The van der Waals surface area contributed by atoms with Crippen LogP contribution in [0.5, 0.6) is 0 Å². The van der Waals surface area contributed by atoms with E-state index in [1.54, 1.807) is 20.8 Å². The molecule has 33 heavy (non-hydrogen) atoms. The van der Waals surface area contributed by atoms with Gasteiger partial charge < -0.3 is 30.8 Å². The van der Waals surface area contributed by atoms with Gasteiger partial charge in [-0.3, -0.25) is 14.4 Å². The van der Waals surface area contributed by atoms with Gasteiger partial charge in [-0.1, -0.05) is 43.7 Å².